The largest absolute Gasteiger partial charge is 0.480 e. The van der Waals surface area contributed by atoms with Crippen LogP contribution in [0.2, 0.25) is 0 Å². The van der Waals surface area contributed by atoms with Crippen LogP contribution < -0.4 is 10.6 Å². The summed E-state index contributed by atoms with van der Waals surface area (Å²) in [5, 5.41) is 14.6. The van der Waals surface area contributed by atoms with Gasteiger partial charge in [-0.05, 0) is 29.9 Å². The van der Waals surface area contributed by atoms with Crippen LogP contribution in [0.1, 0.15) is 31.4 Å². The number of hydrogen-bond donors (Lipinski definition) is 3. The highest BCUT2D eigenvalue weighted by Crippen LogP contribution is 2.08. The Balaban J connectivity index is 1.91. The van der Waals surface area contributed by atoms with Crippen molar-refractivity contribution in [2.75, 3.05) is 0 Å². The van der Waals surface area contributed by atoms with E-state index in [0.29, 0.717) is 6.42 Å². The Morgan fingerprint density at radius 3 is 2.00 bits per heavy atom. The minimum Gasteiger partial charge on any atom is -0.480 e. The van der Waals surface area contributed by atoms with Crippen LogP contribution in [0.15, 0.2) is 60.7 Å². The first kappa shape index (κ1) is 22.9. The Bertz CT molecular complexity index is 824. The van der Waals surface area contributed by atoms with Crippen LogP contribution in [0.3, 0.4) is 0 Å². The summed E-state index contributed by atoms with van der Waals surface area (Å²) < 4.78 is 5.17. The number of nitrogens with one attached hydrogen (secondary N) is 2. The molecule has 7 nitrogen and oxygen atoms in total. The average molecular weight is 412 g/mol. The molecular formula is C23H28N2O5. The normalized spacial score (nSPS) is 12.6. The van der Waals surface area contributed by atoms with Crippen LogP contribution in [-0.2, 0) is 27.4 Å². The first-order valence-corrected chi connectivity index (χ1v) is 9.91. The molecule has 0 aliphatic rings. The zero-order valence-electron chi connectivity index (χ0n) is 17.2. The number of carboxylic acid groups (broad SMARTS) is 1. The highest BCUT2D eigenvalue weighted by atomic mass is 16.5. The summed E-state index contributed by atoms with van der Waals surface area (Å²) in [5.41, 5.74) is 1.81. The Hall–Kier alpha value is -3.35. The summed E-state index contributed by atoms with van der Waals surface area (Å²) in [6.07, 6.45) is 0.0228. The van der Waals surface area contributed by atoms with Gasteiger partial charge in [0.1, 0.15) is 18.7 Å². The summed E-state index contributed by atoms with van der Waals surface area (Å²) in [4.78, 5) is 36.4. The van der Waals surface area contributed by atoms with Gasteiger partial charge in [-0.1, -0.05) is 74.5 Å². The van der Waals surface area contributed by atoms with E-state index in [2.05, 4.69) is 10.6 Å². The van der Waals surface area contributed by atoms with Crippen LogP contribution in [0, 0.1) is 5.92 Å². The second-order valence-electron chi connectivity index (χ2n) is 7.35. The molecule has 0 radical (unpaired) electrons. The van der Waals surface area contributed by atoms with Crippen molar-refractivity contribution in [3.63, 3.8) is 0 Å². The first-order valence-electron chi connectivity index (χ1n) is 9.91. The van der Waals surface area contributed by atoms with Gasteiger partial charge < -0.3 is 20.5 Å². The number of aliphatic carboxylic acids is 1. The van der Waals surface area contributed by atoms with Gasteiger partial charge >= 0.3 is 12.1 Å². The quantitative estimate of drug-likeness (QED) is 0.556. The molecule has 0 aliphatic carbocycles. The van der Waals surface area contributed by atoms with Gasteiger partial charge in [-0.2, -0.15) is 0 Å². The van der Waals surface area contributed by atoms with E-state index in [1.54, 1.807) is 13.8 Å². The van der Waals surface area contributed by atoms with Crippen molar-refractivity contribution in [3.05, 3.63) is 71.8 Å². The molecule has 3 N–H and O–H groups in total. The topological polar surface area (TPSA) is 105 Å². The number of alkyl carbamates (subject to hydrolysis) is 1. The molecule has 2 aromatic rings. The zero-order valence-corrected chi connectivity index (χ0v) is 17.2. The number of amides is 2. The third-order valence-electron chi connectivity index (χ3n) is 4.61. The maximum Gasteiger partial charge on any atom is 0.408 e. The van der Waals surface area contributed by atoms with Gasteiger partial charge in [0.25, 0.3) is 0 Å². The Kier molecular flexibility index (Phi) is 8.87. The standard InChI is InChI=1S/C23H28N2O5/c1-16(2)20(25-23(29)30-15-18-11-7-4-8-12-18)21(26)24-19(22(27)28)14-13-17-9-5-3-6-10-17/h3-12,16,19-20H,13-15H2,1-2H3,(H,24,26)(H,25,29)(H,27,28)/t19-,20+/m0/s1. The molecule has 0 fully saturated rings. The van der Waals surface area contributed by atoms with E-state index in [9.17, 15) is 19.5 Å². The zero-order chi connectivity index (χ0) is 21.9. The molecule has 0 unspecified atom stereocenters. The van der Waals surface area contributed by atoms with E-state index in [-0.39, 0.29) is 18.9 Å². The third kappa shape index (κ3) is 7.58. The van der Waals surface area contributed by atoms with Crippen molar-refractivity contribution in [1.82, 2.24) is 10.6 Å². The summed E-state index contributed by atoms with van der Waals surface area (Å²) in [5.74, 6) is -1.92. The van der Waals surface area contributed by atoms with E-state index in [0.717, 1.165) is 11.1 Å². The highest BCUT2D eigenvalue weighted by Gasteiger charge is 2.29. The molecule has 30 heavy (non-hydrogen) atoms. The Labute approximate surface area is 176 Å². The molecule has 2 amide bonds. The highest BCUT2D eigenvalue weighted by molar-refractivity contribution is 5.89. The fourth-order valence-electron chi connectivity index (χ4n) is 2.90. The number of carboxylic acids is 1. The monoisotopic (exact) mass is 412 g/mol. The van der Waals surface area contributed by atoms with E-state index in [1.807, 2.05) is 60.7 Å². The number of hydrogen-bond acceptors (Lipinski definition) is 4. The predicted octanol–water partition coefficient (Wildman–Crippen LogP) is 3.14. The van der Waals surface area contributed by atoms with Gasteiger partial charge in [0.15, 0.2) is 0 Å². The van der Waals surface area contributed by atoms with Crippen molar-refractivity contribution >= 4 is 18.0 Å². The van der Waals surface area contributed by atoms with Crippen LogP contribution in [0.4, 0.5) is 4.79 Å². The molecule has 0 heterocycles. The molecule has 0 aromatic heterocycles. The number of rotatable bonds is 10. The Morgan fingerprint density at radius 2 is 1.47 bits per heavy atom. The molecule has 7 heteroatoms. The van der Waals surface area contributed by atoms with E-state index >= 15 is 0 Å². The van der Waals surface area contributed by atoms with Gasteiger partial charge in [-0.25, -0.2) is 9.59 Å². The fourth-order valence-corrected chi connectivity index (χ4v) is 2.90. The molecular weight excluding hydrogens is 384 g/mol. The molecule has 2 aromatic carbocycles. The molecule has 0 aliphatic heterocycles. The maximum absolute atomic E-state index is 12.7. The lowest BCUT2D eigenvalue weighted by Gasteiger charge is -2.24. The van der Waals surface area contributed by atoms with Gasteiger partial charge in [0.2, 0.25) is 5.91 Å². The predicted molar refractivity (Wildman–Crippen MR) is 113 cm³/mol. The first-order chi connectivity index (χ1) is 14.4. The molecule has 0 saturated carbocycles. The van der Waals surface area contributed by atoms with Crippen molar-refractivity contribution in [1.29, 1.82) is 0 Å². The second-order valence-corrected chi connectivity index (χ2v) is 7.35. The van der Waals surface area contributed by atoms with E-state index in [4.69, 9.17) is 4.74 Å². The molecule has 0 saturated heterocycles. The van der Waals surface area contributed by atoms with Gasteiger partial charge in [-0.15, -0.1) is 0 Å². The second kappa shape index (κ2) is 11.6. The summed E-state index contributed by atoms with van der Waals surface area (Å²) in [6.45, 7) is 3.61. The molecule has 2 rings (SSSR count). The van der Waals surface area contributed by atoms with Gasteiger partial charge in [0.05, 0.1) is 0 Å². The van der Waals surface area contributed by atoms with E-state index < -0.39 is 30.1 Å². The number of carbonyl (C=O) groups is 3. The number of benzene rings is 2. The lowest BCUT2D eigenvalue weighted by molar-refractivity contribution is -0.142. The molecule has 0 spiro atoms. The van der Waals surface area contributed by atoms with E-state index in [1.165, 1.54) is 0 Å². The summed E-state index contributed by atoms with van der Waals surface area (Å²) in [6, 6.07) is 16.7. The third-order valence-corrected chi connectivity index (χ3v) is 4.61. The van der Waals surface area contributed by atoms with Gasteiger partial charge in [0, 0.05) is 0 Å². The molecule has 0 bridgehead atoms. The van der Waals surface area contributed by atoms with Crippen molar-refractivity contribution in [2.24, 2.45) is 5.92 Å². The molecule has 160 valence electrons. The lowest BCUT2D eigenvalue weighted by Crippen LogP contribution is -2.53. The number of carbonyl (C=O) groups excluding carboxylic acids is 2. The summed E-state index contributed by atoms with van der Waals surface area (Å²) in [7, 11) is 0. The fraction of sp³-hybridized carbons (Fsp3) is 0.348. The number of aryl methyl sites for hydroxylation is 1. The smallest absolute Gasteiger partial charge is 0.408 e. The van der Waals surface area contributed by atoms with Crippen molar-refractivity contribution in [2.45, 2.75) is 45.4 Å². The van der Waals surface area contributed by atoms with Gasteiger partial charge in [-0.3, -0.25) is 4.79 Å². The SMILES string of the molecule is CC(C)[C@@H](NC(=O)OCc1ccccc1)C(=O)N[C@@H](CCc1ccccc1)C(=O)O. The van der Waals surface area contributed by atoms with Crippen molar-refractivity contribution < 1.29 is 24.2 Å². The van der Waals surface area contributed by atoms with Crippen molar-refractivity contribution in [3.8, 4) is 0 Å². The lowest BCUT2D eigenvalue weighted by atomic mass is 10.0. The average Bonchev–Trinajstić information content (AvgIpc) is 2.74. The van der Waals surface area contributed by atoms with Crippen LogP contribution in [-0.4, -0.2) is 35.2 Å². The van der Waals surface area contributed by atoms with Crippen LogP contribution in [0.5, 0.6) is 0 Å². The minimum atomic E-state index is -1.12. The number of ether oxygens (including phenoxy) is 1. The summed E-state index contributed by atoms with van der Waals surface area (Å²) >= 11 is 0. The maximum atomic E-state index is 12.7. The van der Waals surface area contributed by atoms with Crippen LogP contribution >= 0.6 is 0 Å². The minimum absolute atomic E-state index is 0.0773. The van der Waals surface area contributed by atoms with Crippen LogP contribution in [0.25, 0.3) is 0 Å². The molecule has 2 atom stereocenters. The Morgan fingerprint density at radius 1 is 0.900 bits per heavy atom.